The van der Waals surface area contributed by atoms with E-state index in [0.29, 0.717) is 23.8 Å². The van der Waals surface area contributed by atoms with Crippen molar-refractivity contribution in [1.29, 1.82) is 0 Å². The number of carbonyl (C=O) groups excluding carboxylic acids is 1. The zero-order chi connectivity index (χ0) is 26.2. The van der Waals surface area contributed by atoms with Gasteiger partial charge in [0, 0.05) is 35.6 Å². The highest BCUT2D eigenvalue weighted by Crippen LogP contribution is 2.53. The maximum Gasteiger partial charge on any atom is 0.309 e. The quantitative estimate of drug-likeness (QED) is 0.417. The van der Waals surface area contributed by atoms with Crippen LogP contribution in [0.5, 0.6) is 0 Å². The van der Waals surface area contributed by atoms with Crippen LogP contribution >= 0.6 is 0 Å². The number of aromatic nitrogens is 3. The summed E-state index contributed by atoms with van der Waals surface area (Å²) >= 11 is 0. The minimum atomic E-state index is -0.258. The topological polar surface area (TPSA) is 77.0 Å². The first kappa shape index (κ1) is 24.7. The average molecular weight is 513 g/mol. The van der Waals surface area contributed by atoms with E-state index in [1.807, 2.05) is 38.1 Å². The molecule has 3 heterocycles. The molecule has 1 aromatic carbocycles. The van der Waals surface area contributed by atoms with Crippen LogP contribution in [0.25, 0.3) is 17.2 Å². The summed E-state index contributed by atoms with van der Waals surface area (Å²) in [4.78, 5) is 26.3. The van der Waals surface area contributed by atoms with Crippen molar-refractivity contribution in [3.05, 3.63) is 78.1 Å². The lowest BCUT2D eigenvalue weighted by molar-refractivity contribution is -0.144. The van der Waals surface area contributed by atoms with Gasteiger partial charge >= 0.3 is 5.97 Å². The second-order valence-electron chi connectivity index (χ2n) is 11.1. The normalized spacial score (nSPS) is 30.5. The SMILES string of the molecule is Cc1ccnc(N[C@@H]2CC[C@@H]3[C@@H](C2)C[C@H]2C(=O)O[C@H](C)[C@H]2[C@H]3/C=C/c2ccc(-c3cccc(F)c3)cn2)n1. The van der Waals surface area contributed by atoms with Gasteiger partial charge in [-0.2, -0.15) is 0 Å². The number of carbonyl (C=O) groups is 1. The van der Waals surface area contributed by atoms with Crippen LogP contribution in [0.1, 0.15) is 44.0 Å². The molecule has 6 nitrogen and oxygen atoms in total. The van der Waals surface area contributed by atoms with Gasteiger partial charge in [0.2, 0.25) is 5.95 Å². The zero-order valence-electron chi connectivity index (χ0n) is 21.8. The first-order valence-corrected chi connectivity index (χ1v) is 13.6. The number of halogens is 1. The minimum absolute atomic E-state index is 0.0472. The van der Waals surface area contributed by atoms with Crippen molar-refractivity contribution in [2.24, 2.45) is 29.6 Å². The molecule has 38 heavy (non-hydrogen) atoms. The van der Waals surface area contributed by atoms with E-state index < -0.39 is 0 Å². The number of hydrogen-bond acceptors (Lipinski definition) is 6. The molecule has 2 saturated carbocycles. The van der Waals surface area contributed by atoms with Gasteiger partial charge in [0.1, 0.15) is 11.9 Å². The molecule has 2 aromatic heterocycles. The molecular weight excluding hydrogens is 479 g/mol. The number of fused-ring (bicyclic) bond motifs is 2. The Hall–Kier alpha value is -3.61. The van der Waals surface area contributed by atoms with E-state index in [4.69, 9.17) is 4.74 Å². The van der Waals surface area contributed by atoms with E-state index >= 15 is 0 Å². The molecule has 196 valence electrons. The molecule has 7 atom stereocenters. The van der Waals surface area contributed by atoms with Crippen LogP contribution in [0.3, 0.4) is 0 Å². The molecule has 0 spiro atoms. The summed E-state index contributed by atoms with van der Waals surface area (Å²) in [6.45, 7) is 4.01. The first-order valence-electron chi connectivity index (χ1n) is 13.6. The summed E-state index contributed by atoms with van der Waals surface area (Å²) in [5.74, 6) is 1.69. The minimum Gasteiger partial charge on any atom is -0.462 e. The Bertz CT molecular complexity index is 1340. The Labute approximate surface area is 222 Å². The standard InChI is InChI=1S/C31H33FN4O2/c1-18-12-13-33-31(35-18)36-25-9-10-26-22(15-25)16-28-29(19(2)38-30(28)37)27(26)11-8-24-7-6-21(17-34-24)20-4-3-5-23(32)14-20/h3-8,11-14,17,19,22,25-29H,9-10,15-16H2,1-2H3,(H,33,35,36)/b11-8+/t19-,22+,25-,26-,27+,28-,29+/m1/s1. The Balaban J connectivity index is 1.21. The fourth-order valence-corrected chi connectivity index (χ4v) is 7.00. The Morgan fingerprint density at radius 2 is 1.97 bits per heavy atom. The molecule has 0 radical (unpaired) electrons. The molecular formula is C31H33FN4O2. The fourth-order valence-electron chi connectivity index (χ4n) is 7.00. The van der Waals surface area contributed by atoms with Gasteiger partial charge in [0.05, 0.1) is 11.6 Å². The maximum atomic E-state index is 13.6. The van der Waals surface area contributed by atoms with Crippen molar-refractivity contribution in [2.45, 2.75) is 51.7 Å². The molecule has 3 aliphatic rings. The first-order chi connectivity index (χ1) is 18.4. The van der Waals surface area contributed by atoms with Gasteiger partial charge in [-0.05, 0) is 93.2 Å². The van der Waals surface area contributed by atoms with Gasteiger partial charge in [-0.3, -0.25) is 9.78 Å². The highest BCUT2D eigenvalue weighted by Gasteiger charge is 2.54. The number of cyclic esters (lactones) is 1. The van der Waals surface area contributed by atoms with Crippen molar-refractivity contribution < 1.29 is 13.9 Å². The lowest BCUT2D eigenvalue weighted by atomic mass is 9.57. The molecule has 6 rings (SSSR count). The fraction of sp³-hybridized carbons (Fsp3) is 0.419. The predicted molar refractivity (Wildman–Crippen MR) is 144 cm³/mol. The van der Waals surface area contributed by atoms with E-state index in [-0.39, 0.29) is 35.6 Å². The summed E-state index contributed by atoms with van der Waals surface area (Å²) in [6.07, 6.45) is 11.9. The third kappa shape index (κ3) is 4.94. The van der Waals surface area contributed by atoms with Crippen LogP contribution in [0.4, 0.5) is 10.3 Å². The smallest absolute Gasteiger partial charge is 0.309 e. The highest BCUT2D eigenvalue weighted by molar-refractivity contribution is 5.75. The predicted octanol–water partition coefficient (Wildman–Crippen LogP) is 6.09. The Kier molecular flexibility index (Phi) is 6.68. The second kappa shape index (κ2) is 10.3. The molecule has 7 heteroatoms. The lowest BCUT2D eigenvalue weighted by Crippen LogP contribution is -2.46. The molecule has 0 unspecified atom stereocenters. The number of nitrogens with zero attached hydrogens (tertiary/aromatic N) is 3. The number of hydrogen-bond donors (Lipinski definition) is 1. The van der Waals surface area contributed by atoms with Crippen LogP contribution in [0, 0.1) is 42.3 Å². The Morgan fingerprint density at radius 3 is 2.76 bits per heavy atom. The summed E-state index contributed by atoms with van der Waals surface area (Å²) in [5, 5.41) is 3.54. The van der Waals surface area contributed by atoms with Crippen LogP contribution in [-0.4, -0.2) is 33.1 Å². The molecule has 1 N–H and O–H groups in total. The molecule has 0 bridgehead atoms. The monoisotopic (exact) mass is 512 g/mol. The lowest BCUT2D eigenvalue weighted by Gasteiger charge is -2.47. The molecule has 3 aromatic rings. The van der Waals surface area contributed by atoms with E-state index in [0.717, 1.165) is 48.2 Å². The van der Waals surface area contributed by atoms with E-state index in [2.05, 4.69) is 32.4 Å². The summed E-state index contributed by atoms with van der Waals surface area (Å²) in [7, 11) is 0. The summed E-state index contributed by atoms with van der Waals surface area (Å²) < 4.78 is 19.4. The molecule has 0 amide bonds. The van der Waals surface area contributed by atoms with E-state index in [1.165, 1.54) is 12.1 Å². The number of esters is 1. The number of ether oxygens (including phenoxy) is 1. The number of aryl methyl sites for hydroxylation is 1. The van der Waals surface area contributed by atoms with E-state index in [9.17, 15) is 9.18 Å². The van der Waals surface area contributed by atoms with Crippen molar-refractivity contribution in [3.63, 3.8) is 0 Å². The van der Waals surface area contributed by atoms with Crippen LogP contribution in [0.15, 0.2) is 60.9 Å². The molecule has 3 fully saturated rings. The summed E-state index contributed by atoms with van der Waals surface area (Å²) in [5.41, 5.74) is 3.49. The summed E-state index contributed by atoms with van der Waals surface area (Å²) in [6, 6.07) is 12.7. The molecule has 1 aliphatic heterocycles. The van der Waals surface area contributed by atoms with Crippen LogP contribution in [0.2, 0.25) is 0 Å². The second-order valence-corrected chi connectivity index (χ2v) is 11.1. The average Bonchev–Trinajstić information content (AvgIpc) is 3.19. The maximum absolute atomic E-state index is 13.6. The van der Waals surface area contributed by atoms with Gasteiger partial charge in [0.15, 0.2) is 0 Å². The van der Waals surface area contributed by atoms with Crippen molar-refractivity contribution in [2.75, 3.05) is 5.32 Å². The van der Waals surface area contributed by atoms with Crippen molar-refractivity contribution in [1.82, 2.24) is 15.0 Å². The van der Waals surface area contributed by atoms with Crippen molar-refractivity contribution >= 4 is 18.0 Å². The number of anilines is 1. The zero-order valence-corrected chi connectivity index (χ0v) is 21.8. The van der Waals surface area contributed by atoms with Gasteiger partial charge in [-0.1, -0.05) is 24.3 Å². The number of benzene rings is 1. The Morgan fingerprint density at radius 1 is 1.08 bits per heavy atom. The largest absolute Gasteiger partial charge is 0.462 e. The third-order valence-electron chi connectivity index (χ3n) is 8.71. The van der Waals surface area contributed by atoms with Crippen LogP contribution in [-0.2, 0) is 9.53 Å². The number of allylic oxidation sites excluding steroid dienone is 1. The van der Waals surface area contributed by atoms with Gasteiger partial charge in [-0.15, -0.1) is 0 Å². The number of rotatable bonds is 5. The molecule has 1 saturated heterocycles. The van der Waals surface area contributed by atoms with Gasteiger partial charge in [0.25, 0.3) is 0 Å². The van der Waals surface area contributed by atoms with Crippen molar-refractivity contribution in [3.8, 4) is 11.1 Å². The number of nitrogens with one attached hydrogen (secondary N) is 1. The molecule has 2 aliphatic carbocycles. The van der Waals surface area contributed by atoms with Gasteiger partial charge in [-0.25, -0.2) is 14.4 Å². The van der Waals surface area contributed by atoms with Gasteiger partial charge < -0.3 is 10.1 Å². The highest BCUT2D eigenvalue weighted by atomic mass is 19.1. The third-order valence-corrected chi connectivity index (χ3v) is 8.71. The van der Waals surface area contributed by atoms with E-state index in [1.54, 1.807) is 18.5 Å². The number of pyridine rings is 1. The van der Waals surface area contributed by atoms with Crippen LogP contribution < -0.4 is 5.32 Å².